The first-order valence-electron chi connectivity index (χ1n) is 4.95. The van der Waals surface area contributed by atoms with Crippen molar-refractivity contribution < 1.29 is 9.94 Å². The molecule has 0 saturated carbocycles. The van der Waals surface area contributed by atoms with E-state index in [-0.39, 0.29) is 6.61 Å². The standard InChI is InChI=1S/C11H16N2O2/c1-9-5-3-6-11(12-9)10(2)13-15-8-4-7-14/h3,5-6,14H,4,7-8H2,1-2H3/b13-10-. The lowest BCUT2D eigenvalue weighted by molar-refractivity contribution is 0.124. The smallest absolute Gasteiger partial charge is 0.119 e. The first-order valence-corrected chi connectivity index (χ1v) is 4.95. The summed E-state index contributed by atoms with van der Waals surface area (Å²) >= 11 is 0. The van der Waals surface area contributed by atoms with Crippen LogP contribution < -0.4 is 0 Å². The molecule has 0 aromatic carbocycles. The zero-order valence-corrected chi connectivity index (χ0v) is 9.10. The second-order valence-electron chi connectivity index (χ2n) is 3.25. The number of hydrogen-bond donors (Lipinski definition) is 1. The van der Waals surface area contributed by atoms with Crippen molar-refractivity contribution in [1.82, 2.24) is 4.98 Å². The first-order chi connectivity index (χ1) is 7.24. The summed E-state index contributed by atoms with van der Waals surface area (Å²) in [5, 5.41) is 12.5. The van der Waals surface area contributed by atoms with Crippen molar-refractivity contribution in [3.8, 4) is 0 Å². The molecule has 82 valence electrons. The summed E-state index contributed by atoms with van der Waals surface area (Å²) in [4.78, 5) is 9.33. The van der Waals surface area contributed by atoms with Crippen molar-refractivity contribution in [3.63, 3.8) is 0 Å². The Bertz CT molecular complexity index is 337. The monoisotopic (exact) mass is 208 g/mol. The molecule has 0 radical (unpaired) electrons. The van der Waals surface area contributed by atoms with Gasteiger partial charge in [-0.25, -0.2) is 0 Å². The average Bonchev–Trinajstić information content (AvgIpc) is 2.24. The Morgan fingerprint density at radius 1 is 1.53 bits per heavy atom. The molecule has 1 heterocycles. The van der Waals surface area contributed by atoms with Crippen LogP contribution in [0.4, 0.5) is 0 Å². The average molecular weight is 208 g/mol. The van der Waals surface area contributed by atoms with Crippen LogP contribution >= 0.6 is 0 Å². The molecule has 0 spiro atoms. The Morgan fingerprint density at radius 3 is 3.00 bits per heavy atom. The molecule has 0 saturated heterocycles. The van der Waals surface area contributed by atoms with Gasteiger partial charge in [0.2, 0.25) is 0 Å². The number of aliphatic hydroxyl groups excluding tert-OH is 1. The maximum atomic E-state index is 8.54. The molecule has 0 aliphatic rings. The van der Waals surface area contributed by atoms with Gasteiger partial charge in [-0.1, -0.05) is 11.2 Å². The quantitative estimate of drug-likeness (QED) is 0.453. The molecule has 0 amide bonds. The third kappa shape index (κ3) is 4.08. The highest BCUT2D eigenvalue weighted by molar-refractivity contribution is 5.96. The Balaban J connectivity index is 2.55. The van der Waals surface area contributed by atoms with Crippen LogP contribution in [-0.2, 0) is 4.84 Å². The molecule has 4 nitrogen and oxygen atoms in total. The van der Waals surface area contributed by atoms with E-state index >= 15 is 0 Å². The number of aromatic nitrogens is 1. The van der Waals surface area contributed by atoms with E-state index in [1.54, 1.807) is 0 Å². The van der Waals surface area contributed by atoms with Crippen molar-refractivity contribution in [2.24, 2.45) is 5.16 Å². The second-order valence-corrected chi connectivity index (χ2v) is 3.25. The minimum Gasteiger partial charge on any atom is -0.396 e. The lowest BCUT2D eigenvalue weighted by atomic mass is 10.2. The summed E-state index contributed by atoms with van der Waals surface area (Å²) in [6.45, 7) is 4.33. The maximum absolute atomic E-state index is 8.54. The number of hydrogen-bond acceptors (Lipinski definition) is 4. The summed E-state index contributed by atoms with van der Waals surface area (Å²) in [5.41, 5.74) is 2.52. The van der Waals surface area contributed by atoms with Crippen LogP contribution in [0.15, 0.2) is 23.4 Å². The van der Waals surface area contributed by atoms with E-state index in [0.717, 1.165) is 17.1 Å². The minimum absolute atomic E-state index is 0.122. The van der Waals surface area contributed by atoms with Gasteiger partial charge in [0.25, 0.3) is 0 Å². The largest absolute Gasteiger partial charge is 0.396 e. The molecule has 1 aromatic heterocycles. The third-order valence-electron chi connectivity index (χ3n) is 1.85. The zero-order valence-electron chi connectivity index (χ0n) is 9.10. The summed E-state index contributed by atoms with van der Waals surface area (Å²) in [7, 11) is 0. The first kappa shape index (κ1) is 11.7. The Kier molecular flexibility index (Phi) is 4.77. The number of aryl methyl sites for hydroxylation is 1. The molecule has 0 aliphatic carbocycles. The number of oxime groups is 1. The van der Waals surface area contributed by atoms with Crippen molar-refractivity contribution in [2.75, 3.05) is 13.2 Å². The van der Waals surface area contributed by atoms with Crippen LogP contribution in [0, 0.1) is 6.92 Å². The van der Waals surface area contributed by atoms with Crippen LogP contribution in [0.1, 0.15) is 24.7 Å². The van der Waals surface area contributed by atoms with Crippen molar-refractivity contribution >= 4 is 5.71 Å². The third-order valence-corrected chi connectivity index (χ3v) is 1.85. The van der Waals surface area contributed by atoms with E-state index in [4.69, 9.17) is 9.94 Å². The fraction of sp³-hybridized carbons (Fsp3) is 0.455. The SMILES string of the molecule is C/C(=N/OCCCO)c1cccc(C)n1. The molecule has 15 heavy (non-hydrogen) atoms. The van der Waals surface area contributed by atoms with Crippen LogP contribution in [0.25, 0.3) is 0 Å². The van der Waals surface area contributed by atoms with Gasteiger partial charge in [0.1, 0.15) is 12.3 Å². The topological polar surface area (TPSA) is 54.7 Å². The highest BCUT2D eigenvalue weighted by atomic mass is 16.6. The maximum Gasteiger partial charge on any atom is 0.119 e. The molecule has 0 unspecified atom stereocenters. The molecule has 1 rings (SSSR count). The van der Waals surface area contributed by atoms with Gasteiger partial charge in [-0.3, -0.25) is 4.98 Å². The second kappa shape index (κ2) is 6.14. The Labute approximate surface area is 89.6 Å². The Hall–Kier alpha value is -1.42. The molecule has 0 fully saturated rings. The minimum atomic E-state index is 0.122. The molecule has 0 aliphatic heterocycles. The van der Waals surface area contributed by atoms with Crippen LogP contribution in [0.5, 0.6) is 0 Å². The summed E-state index contributed by atoms with van der Waals surface area (Å²) < 4.78 is 0. The molecule has 1 aromatic rings. The lowest BCUT2D eigenvalue weighted by Gasteiger charge is -2.01. The Morgan fingerprint density at radius 2 is 2.33 bits per heavy atom. The predicted octanol–water partition coefficient (Wildman–Crippen LogP) is 1.51. The van der Waals surface area contributed by atoms with Crippen molar-refractivity contribution in [2.45, 2.75) is 20.3 Å². The molecule has 1 N–H and O–H groups in total. The van der Waals surface area contributed by atoms with Crippen LogP contribution in [-0.4, -0.2) is 29.0 Å². The van der Waals surface area contributed by atoms with Crippen molar-refractivity contribution in [3.05, 3.63) is 29.6 Å². The van der Waals surface area contributed by atoms with Gasteiger partial charge in [-0.15, -0.1) is 0 Å². The van der Waals surface area contributed by atoms with Gasteiger partial charge in [-0.05, 0) is 26.0 Å². The highest BCUT2D eigenvalue weighted by Gasteiger charge is 1.99. The van der Waals surface area contributed by atoms with Crippen LogP contribution in [0.3, 0.4) is 0 Å². The lowest BCUT2D eigenvalue weighted by Crippen LogP contribution is -2.01. The van der Waals surface area contributed by atoms with E-state index in [1.807, 2.05) is 32.0 Å². The van der Waals surface area contributed by atoms with Gasteiger partial charge >= 0.3 is 0 Å². The molecule has 0 bridgehead atoms. The van der Waals surface area contributed by atoms with E-state index < -0.39 is 0 Å². The highest BCUT2D eigenvalue weighted by Crippen LogP contribution is 2.00. The van der Waals surface area contributed by atoms with Crippen LogP contribution in [0.2, 0.25) is 0 Å². The summed E-state index contributed by atoms with van der Waals surface area (Å²) in [5.74, 6) is 0. The molecule has 0 atom stereocenters. The summed E-state index contributed by atoms with van der Waals surface area (Å²) in [6, 6.07) is 5.76. The van der Waals surface area contributed by atoms with Gasteiger partial charge in [0, 0.05) is 18.7 Å². The van der Waals surface area contributed by atoms with Crippen molar-refractivity contribution in [1.29, 1.82) is 0 Å². The van der Waals surface area contributed by atoms with E-state index in [1.165, 1.54) is 0 Å². The molecular weight excluding hydrogens is 192 g/mol. The normalized spacial score (nSPS) is 11.5. The molecule has 4 heteroatoms. The van der Waals surface area contributed by atoms with E-state index in [9.17, 15) is 0 Å². The van der Waals surface area contributed by atoms with Gasteiger partial charge in [-0.2, -0.15) is 0 Å². The van der Waals surface area contributed by atoms with Gasteiger partial charge in [0.15, 0.2) is 0 Å². The van der Waals surface area contributed by atoms with Gasteiger partial charge in [0.05, 0.1) is 5.69 Å². The number of aliphatic hydroxyl groups is 1. The molecular formula is C11H16N2O2. The predicted molar refractivity (Wildman–Crippen MR) is 58.8 cm³/mol. The zero-order chi connectivity index (χ0) is 11.1. The number of pyridine rings is 1. The van der Waals surface area contributed by atoms with Gasteiger partial charge < -0.3 is 9.94 Å². The van der Waals surface area contributed by atoms with E-state index in [2.05, 4.69) is 10.1 Å². The van der Waals surface area contributed by atoms with E-state index in [0.29, 0.717) is 13.0 Å². The fourth-order valence-electron chi connectivity index (χ4n) is 1.06. The number of nitrogens with zero attached hydrogens (tertiary/aromatic N) is 2. The fourth-order valence-corrected chi connectivity index (χ4v) is 1.06. The number of rotatable bonds is 5. The summed E-state index contributed by atoms with van der Waals surface area (Å²) in [6.07, 6.45) is 0.595.